The van der Waals surface area contributed by atoms with Crippen LogP contribution in [0.1, 0.15) is 378 Å². The number of aliphatic hydroxyl groups excluding tert-OH is 6. The van der Waals surface area contributed by atoms with Gasteiger partial charge in [-0.05, 0) is 291 Å². The zero-order valence-electron chi connectivity index (χ0n) is 85.7. The lowest BCUT2D eigenvalue weighted by atomic mass is 9.84. The number of ether oxygens (including phenoxy) is 1. The Hall–Kier alpha value is -8.04. The number of anilines is 3. The number of aromatic nitrogens is 1. The number of alkyl halides is 2. The van der Waals surface area contributed by atoms with Gasteiger partial charge in [0.25, 0.3) is 0 Å². The summed E-state index contributed by atoms with van der Waals surface area (Å²) in [6.45, 7) is 12.6. The number of thioether (sulfide) groups is 1. The standard InChI is InChI=1S/C25H37ClO3.C24H31NO4S.C23H29NO5S.C22H25Cl3O2S.C22H28N2O4S2/c1-3-4-7-12-23(28)19-13-15-20(16-14-19)25-21(22(26)17-24(25)29)11-9-6-5-8-10-18(2)27;1-2-3-4-8-21(26)17-9-11-19(12-10-17)25-18(13-16-23(25)27)6-5-7-20-14-15-22(30-20)24(28)29;1-2-3-4-5-20(25)16-6-8-17(9-7-16)24-18(10-13-22(24)26)14-29-15-19-11-12-21(30-19)23(27)28;1-13(26)22-8-6-17(28-22)3-2-4-18-19(21(27)12-20(18)25)7-5-14-9-15(23)11-16(24)10-14;1-2-3-4-5-19(25)15-6-8-16(9-7-15)24-17(10-11-20(24)26)12-13-29-22-23-18(14-30-22)21(27)28/h6,9,13-16,21-25,28-29H,3-5,7-8,10-12,17H2,1-2H3;9-12,14-15,18,21,26H,2-8,13,16H2,1H3,(H,28,29);6-9,11-12,18,20,25H,2-5,10,13-15H2,1H3,(H,27,28);6,8-11,18-21,27H,2-5,7,12H2,1H3;6-9,14,17,19,25H,2-5,10-13H2,1H3,(H,27,28)/b9-6-;;;;/t21-,22+,23+,24+,25+;18-,21-;18-,20+;18-,19-,20-,21-;17-,19?/m00111/s1. The number of carboxylic acid groups (broad SMARTS) is 3. The van der Waals surface area contributed by atoms with E-state index in [0.717, 1.165) is 274 Å². The lowest BCUT2D eigenvalue weighted by Crippen LogP contribution is -2.36. The van der Waals surface area contributed by atoms with Gasteiger partial charge in [-0.2, -0.15) is 0 Å². The first-order valence-corrected chi connectivity index (χ1v) is 58.6. The molecule has 0 radical (unpaired) electrons. The van der Waals surface area contributed by atoms with Crippen molar-refractivity contribution in [1.82, 2.24) is 4.98 Å². The Morgan fingerprint density at radius 3 is 1.35 bits per heavy atom. The average molecular weight is 2190 g/mol. The van der Waals surface area contributed by atoms with Crippen LogP contribution in [-0.4, -0.2) is 152 Å². The Kier molecular flexibility index (Phi) is 52.1. The number of allylic oxidation sites excluding steroid dienone is 2. The van der Waals surface area contributed by atoms with Gasteiger partial charge in [0.2, 0.25) is 17.7 Å². The van der Waals surface area contributed by atoms with E-state index in [1.807, 2.05) is 137 Å². The van der Waals surface area contributed by atoms with Gasteiger partial charge in [-0.3, -0.25) is 19.2 Å². The Balaban J connectivity index is 0.000000188. The molecule has 2 saturated carbocycles. The van der Waals surface area contributed by atoms with Gasteiger partial charge in [-0.25, -0.2) is 19.4 Å². The van der Waals surface area contributed by atoms with Crippen LogP contribution < -0.4 is 14.7 Å². The average Bonchev–Trinajstić information content (AvgIpc) is 1.06. The molecule has 7 heterocycles. The maximum absolute atomic E-state index is 12.5. The molecule has 2 aliphatic carbocycles. The van der Waals surface area contributed by atoms with E-state index in [-0.39, 0.29) is 87.7 Å². The highest BCUT2D eigenvalue weighted by atomic mass is 35.5. The number of halogens is 4. The minimum Gasteiger partial charge on any atom is -0.477 e. The molecule has 1 unspecified atom stereocenters. The molecule has 15 atom stereocenters. The fourth-order valence-corrected chi connectivity index (χ4v) is 26.2. The van der Waals surface area contributed by atoms with Gasteiger partial charge in [-0.1, -0.05) is 213 Å². The number of aryl methyl sites for hydroxylation is 3. The Morgan fingerprint density at radius 2 is 0.898 bits per heavy atom. The largest absolute Gasteiger partial charge is 0.477 e. The number of thiophene rings is 3. The number of hydrogen-bond donors (Lipinski definition) is 9. The number of carbonyl (C=O) groups is 8. The molecule has 14 rings (SSSR count). The number of aliphatic hydroxyl groups is 6. The van der Waals surface area contributed by atoms with Crippen molar-refractivity contribution >= 4 is 168 Å². The van der Waals surface area contributed by atoms with E-state index in [4.69, 9.17) is 66.5 Å². The number of carbonyl (C=O) groups excluding carboxylic acids is 5. The zero-order chi connectivity index (χ0) is 106. The van der Waals surface area contributed by atoms with E-state index in [2.05, 4.69) is 44.8 Å². The third-order valence-corrected chi connectivity index (χ3v) is 35.1. The number of ketones is 2. The van der Waals surface area contributed by atoms with Crippen LogP contribution in [0.5, 0.6) is 0 Å². The van der Waals surface area contributed by atoms with E-state index >= 15 is 0 Å². The van der Waals surface area contributed by atoms with Gasteiger partial charge in [0, 0.05) is 107 Å². The molecule has 3 amide bonds. The first kappa shape index (κ1) is 121. The SMILES string of the molecule is CC(=O)c1ccc(CCC[C@@H]2[C@@H](CCc3cc(Cl)cc(Cl)c3)[C@H](O)C[C@H]2Cl)s1.CCCCCC(O)c1ccc(N2C(=O)CC[C@@H]2CCSc2nc(C(=O)O)cs2)cc1.CCCCC[C@@H](O)c1ccc([C@@H]2[C@@H](C/C=C\CCCC(C)=O)[C@H](Cl)C[C@H]2O)cc1.CCCCC[C@H](O)c1ccc(N2C(=O)CC[C@@H]2CCCc2ccc(C(=O)O)s2)cc1.CCCCC[C@H](O)c1ccc(N2C(=O)CC[C@@H]2COCc2ccc(C(=O)O)s2)cc1. The predicted molar refractivity (Wildman–Crippen MR) is 597 cm³/mol. The first-order chi connectivity index (χ1) is 70.7. The summed E-state index contributed by atoms with van der Waals surface area (Å²) in [6.07, 6.45) is 34.5. The number of carboxylic acids is 3. The van der Waals surface area contributed by atoms with Crippen LogP contribution in [0.2, 0.25) is 10.0 Å². The number of hydrogen-bond acceptors (Lipinski definition) is 21. The van der Waals surface area contributed by atoms with Crippen molar-refractivity contribution in [3.8, 4) is 0 Å². The molecule has 3 saturated heterocycles. The fraction of sp³-hybridized carbons (Fsp3) is 0.526. The summed E-state index contributed by atoms with van der Waals surface area (Å²) in [5.74, 6) is -0.630. The summed E-state index contributed by atoms with van der Waals surface area (Å²) >= 11 is 32.3. The number of aromatic carboxylic acids is 3. The third-order valence-electron chi connectivity index (χ3n) is 28.2. The van der Waals surface area contributed by atoms with Gasteiger partial charge in [0.15, 0.2) is 15.8 Å². The van der Waals surface area contributed by atoms with Crippen molar-refractivity contribution in [3.63, 3.8) is 0 Å². The van der Waals surface area contributed by atoms with Crippen LogP contribution in [0.15, 0.2) is 174 Å². The van der Waals surface area contributed by atoms with E-state index in [9.17, 15) is 69.0 Å². The number of nitrogens with zero attached hydrogens (tertiary/aromatic N) is 4. The zero-order valence-corrected chi connectivity index (χ0v) is 92.8. The molecule has 147 heavy (non-hydrogen) atoms. The molecular formula is C116H150Cl4N4O18S5. The minimum atomic E-state index is -1.01. The first-order valence-electron chi connectivity index (χ1n) is 52.7. The number of unbranched alkanes of at least 4 members (excludes halogenated alkanes) is 9. The quantitative estimate of drug-likeness (QED) is 0.00562. The van der Waals surface area contributed by atoms with Gasteiger partial charge in [0.05, 0.1) is 60.8 Å². The molecule has 3 aliphatic heterocycles. The van der Waals surface area contributed by atoms with Crippen molar-refractivity contribution in [2.45, 2.75) is 361 Å². The van der Waals surface area contributed by atoms with Gasteiger partial charge < -0.3 is 70.2 Å². The fourth-order valence-electron chi connectivity index (χ4n) is 20.1. The second kappa shape index (κ2) is 63.4. The molecule has 9 N–H and O–H groups in total. The molecule has 0 spiro atoms. The molecule has 9 aromatic rings. The predicted octanol–water partition coefficient (Wildman–Crippen LogP) is 28.4. The van der Waals surface area contributed by atoms with Gasteiger partial charge in [0.1, 0.15) is 15.5 Å². The summed E-state index contributed by atoms with van der Waals surface area (Å²) in [5, 5.41) is 92.3. The Bertz CT molecular complexity index is 5220. The normalized spacial score (nSPS) is 20.4. The van der Waals surface area contributed by atoms with Crippen LogP contribution in [0.25, 0.3) is 0 Å². The maximum atomic E-state index is 12.5. The topological polar surface area (TPSA) is 350 Å². The third kappa shape index (κ3) is 38.6. The number of benzene rings is 5. The molecule has 31 heteroatoms. The second-order valence-electron chi connectivity index (χ2n) is 39.3. The van der Waals surface area contributed by atoms with Crippen molar-refractivity contribution < 1.29 is 89.1 Å². The summed E-state index contributed by atoms with van der Waals surface area (Å²) in [7, 11) is 0. The molecule has 5 aliphatic rings. The lowest BCUT2D eigenvalue weighted by Gasteiger charge is -2.25. The molecule has 4 aromatic heterocycles. The van der Waals surface area contributed by atoms with E-state index in [1.165, 1.54) is 50.6 Å². The van der Waals surface area contributed by atoms with E-state index in [1.54, 1.807) is 59.7 Å². The highest BCUT2D eigenvalue weighted by molar-refractivity contribution is 8.01. The summed E-state index contributed by atoms with van der Waals surface area (Å²) < 4.78 is 6.54. The lowest BCUT2D eigenvalue weighted by molar-refractivity contribution is -0.118. The van der Waals surface area contributed by atoms with Crippen LogP contribution in [0.4, 0.5) is 17.1 Å². The van der Waals surface area contributed by atoms with E-state index < -0.39 is 48.4 Å². The number of amides is 3. The van der Waals surface area contributed by atoms with Crippen LogP contribution >= 0.6 is 104 Å². The second-order valence-corrected chi connectivity index (χ2v) is 47.0. The summed E-state index contributed by atoms with van der Waals surface area (Å²) in [6, 6.07) is 47.9. The highest BCUT2D eigenvalue weighted by Crippen LogP contribution is 2.47. The molecular weight excluding hydrogens is 2040 g/mol. The minimum absolute atomic E-state index is 0.0130. The van der Waals surface area contributed by atoms with Crippen molar-refractivity contribution in [1.29, 1.82) is 0 Å². The monoisotopic (exact) mass is 2190 g/mol. The highest BCUT2D eigenvalue weighted by Gasteiger charge is 2.44. The smallest absolute Gasteiger partial charge is 0.355 e. The Labute approximate surface area is 908 Å². The van der Waals surface area contributed by atoms with Crippen LogP contribution in [-0.2, 0) is 49.8 Å². The Morgan fingerprint density at radius 1 is 0.469 bits per heavy atom. The molecule has 800 valence electrons. The number of Topliss-reactive ketones (excluding diaryl/α,β-unsaturated/α-hetero) is 2. The molecule has 5 fully saturated rings. The van der Waals surface area contributed by atoms with Crippen molar-refractivity contribution in [2.75, 3.05) is 27.1 Å². The molecule has 22 nitrogen and oxygen atoms in total. The number of thiazole rings is 1. The summed E-state index contributed by atoms with van der Waals surface area (Å²) in [5.41, 5.74) is 8.49. The van der Waals surface area contributed by atoms with Gasteiger partial charge >= 0.3 is 17.9 Å². The molecule has 0 bridgehead atoms. The van der Waals surface area contributed by atoms with Crippen molar-refractivity contribution in [2.24, 2.45) is 17.8 Å². The van der Waals surface area contributed by atoms with Gasteiger partial charge in [-0.15, -0.1) is 68.5 Å². The summed E-state index contributed by atoms with van der Waals surface area (Å²) in [4.78, 5) is 107. The van der Waals surface area contributed by atoms with Crippen LogP contribution in [0.3, 0.4) is 0 Å². The maximum Gasteiger partial charge on any atom is 0.355 e. The number of rotatable bonds is 53. The van der Waals surface area contributed by atoms with Crippen molar-refractivity contribution in [3.05, 3.63) is 248 Å². The molecule has 5 aromatic carbocycles. The van der Waals surface area contributed by atoms with Crippen LogP contribution in [0, 0.1) is 17.8 Å². The van der Waals surface area contributed by atoms with E-state index in [0.29, 0.717) is 77.5 Å².